The number of hydrogen-bond donors (Lipinski definition) is 1. The first-order valence-electron chi connectivity index (χ1n) is 5.42. The highest BCUT2D eigenvalue weighted by Gasteiger charge is 2.19. The third-order valence-electron chi connectivity index (χ3n) is 2.62. The molecule has 0 radical (unpaired) electrons. The van der Waals surface area contributed by atoms with Gasteiger partial charge in [-0.2, -0.15) is 0 Å². The molecule has 0 unspecified atom stereocenters. The second-order valence-electron chi connectivity index (χ2n) is 3.71. The minimum Gasteiger partial charge on any atom is -0.378 e. The molecule has 1 aromatic rings. The predicted molar refractivity (Wildman–Crippen MR) is 65.5 cm³/mol. The van der Waals surface area contributed by atoms with Crippen molar-refractivity contribution in [2.75, 3.05) is 38.7 Å². The molecule has 1 aliphatic rings. The van der Waals surface area contributed by atoms with Gasteiger partial charge in [-0.15, -0.1) is 0 Å². The van der Waals surface area contributed by atoms with E-state index in [9.17, 15) is 4.79 Å². The summed E-state index contributed by atoms with van der Waals surface area (Å²) in [4.78, 5) is 17.9. The molecule has 2 heterocycles. The molecular formula is C11H14ClN3O2. The van der Waals surface area contributed by atoms with Gasteiger partial charge in [-0.05, 0) is 6.07 Å². The average molecular weight is 256 g/mol. The van der Waals surface area contributed by atoms with Crippen molar-refractivity contribution < 1.29 is 9.53 Å². The average Bonchev–Trinajstić information content (AvgIpc) is 2.39. The summed E-state index contributed by atoms with van der Waals surface area (Å²) in [6.45, 7) is 2.40. The summed E-state index contributed by atoms with van der Waals surface area (Å²) in [6, 6.07) is 1.64. The van der Waals surface area contributed by atoms with Gasteiger partial charge in [0, 0.05) is 26.3 Å². The highest BCUT2D eigenvalue weighted by atomic mass is 35.5. The molecule has 0 bridgehead atoms. The van der Waals surface area contributed by atoms with Crippen molar-refractivity contribution in [1.82, 2.24) is 9.88 Å². The van der Waals surface area contributed by atoms with Gasteiger partial charge < -0.3 is 15.0 Å². The van der Waals surface area contributed by atoms with E-state index in [4.69, 9.17) is 16.3 Å². The van der Waals surface area contributed by atoms with E-state index in [1.54, 1.807) is 18.0 Å². The summed E-state index contributed by atoms with van der Waals surface area (Å²) < 4.78 is 5.20. The fourth-order valence-electron chi connectivity index (χ4n) is 1.69. The Balaban J connectivity index is 2.16. The van der Waals surface area contributed by atoms with Crippen molar-refractivity contribution in [2.45, 2.75) is 0 Å². The van der Waals surface area contributed by atoms with E-state index in [2.05, 4.69) is 10.3 Å². The molecule has 92 valence electrons. The van der Waals surface area contributed by atoms with Crippen LogP contribution < -0.4 is 5.32 Å². The van der Waals surface area contributed by atoms with Gasteiger partial charge in [-0.25, -0.2) is 4.98 Å². The molecule has 1 N–H and O–H groups in total. The van der Waals surface area contributed by atoms with E-state index in [0.29, 0.717) is 42.7 Å². The molecule has 0 atom stereocenters. The molecule has 1 fully saturated rings. The number of carbonyl (C=O) groups is 1. The number of carbonyl (C=O) groups excluding carboxylic acids is 1. The Bertz CT molecular complexity index is 419. The minimum absolute atomic E-state index is 0.0506. The Kier molecular flexibility index (Phi) is 3.81. The zero-order valence-corrected chi connectivity index (χ0v) is 10.3. The molecule has 6 heteroatoms. The van der Waals surface area contributed by atoms with Gasteiger partial charge >= 0.3 is 0 Å². The second kappa shape index (κ2) is 5.33. The Morgan fingerprint density at radius 3 is 2.82 bits per heavy atom. The zero-order chi connectivity index (χ0) is 12.3. The number of hydrogen-bond acceptors (Lipinski definition) is 4. The van der Waals surface area contributed by atoms with Crippen molar-refractivity contribution in [3.8, 4) is 0 Å². The Morgan fingerprint density at radius 2 is 2.24 bits per heavy atom. The van der Waals surface area contributed by atoms with Crippen LogP contribution in [0.15, 0.2) is 12.3 Å². The lowest BCUT2D eigenvalue weighted by Crippen LogP contribution is -2.40. The monoisotopic (exact) mass is 255 g/mol. The Morgan fingerprint density at radius 1 is 1.53 bits per heavy atom. The van der Waals surface area contributed by atoms with Crippen molar-refractivity contribution in [3.05, 3.63) is 22.8 Å². The first-order valence-corrected chi connectivity index (χ1v) is 5.80. The Labute approximate surface area is 105 Å². The standard InChI is InChI=1S/C11H14ClN3O2/c1-13-10-9(12)6-8(7-14-10)11(16)15-2-4-17-5-3-15/h6-7H,2-5H2,1H3,(H,13,14). The summed E-state index contributed by atoms with van der Waals surface area (Å²) in [7, 11) is 1.73. The van der Waals surface area contributed by atoms with Crippen molar-refractivity contribution in [3.63, 3.8) is 0 Å². The van der Waals surface area contributed by atoms with E-state index in [0.717, 1.165) is 0 Å². The summed E-state index contributed by atoms with van der Waals surface area (Å²) in [5.74, 6) is 0.524. The third-order valence-corrected chi connectivity index (χ3v) is 2.91. The number of nitrogens with one attached hydrogen (secondary N) is 1. The summed E-state index contributed by atoms with van der Waals surface area (Å²) in [6.07, 6.45) is 1.54. The van der Waals surface area contributed by atoms with Crippen molar-refractivity contribution in [2.24, 2.45) is 0 Å². The summed E-state index contributed by atoms with van der Waals surface area (Å²) in [5, 5.41) is 3.30. The van der Waals surface area contributed by atoms with Crippen LogP contribution in [0.4, 0.5) is 5.82 Å². The van der Waals surface area contributed by atoms with E-state index in [-0.39, 0.29) is 5.91 Å². The lowest BCUT2D eigenvalue weighted by atomic mass is 10.2. The molecule has 1 aliphatic heterocycles. The molecule has 1 saturated heterocycles. The highest BCUT2D eigenvalue weighted by molar-refractivity contribution is 6.33. The molecule has 0 saturated carbocycles. The molecule has 0 aliphatic carbocycles. The number of halogens is 1. The fraction of sp³-hybridized carbons (Fsp3) is 0.455. The van der Waals surface area contributed by atoms with Gasteiger partial charge in [-0.1, -0.05) is 11.6 Å². The quantitative estimate of drug-likeness (QED) is 0.864. The number of nitrogens with zero attached hydrogens (tertiary/aromatic N) is 2. The predicted octanol–water partition coefficient (Wildman–Crippen LogP) is 1.25. The first kappa shape index (κ1) is 12.1. The maximum Gasteiger partial charge on any atom is 0.255 e. The number of anilines is 1. The number of rotatable bonds is 2. The molecule has 0 spiro atoms. The molecule has 1 aromatic heterocycles. The van der Waals surface area contributed by atoms with E-state index >= 15 is 0 Å². The maximum absolute atomic E-state index is 12.1. The molecule has 0 aromatic carbocycles. The van der Waals surface area contributed by atoms with Crippen LogP contribution in [0.3, 0.4) is 0 Å². The lowest BCUT2D eigenvalue weighted by molar-refractivity contribution is 0.0302. The molecule has 1 amide bonds. The van der Waals surface area contributed by atoms with E-state index in [1.807, 2.05) is 0 Å². The van der Waals surface area contributed by atoms with Crippen LogP contribution in [0.25, 0.3) is 0 Å². The number of pyridine rings is 1. The van der Waals surface area contributed by atoms with Crippen LogP contribution in [-0.2, 0) is 4.74 Å². The fourth-order valence-corrected chi connectivity index (χ4v) is 1.95. The number of aromatic nitrogens is 1. The Hall–Kier alpha value is -1.33. The van der Waals surface area contributed by atoms with Gasteiger partial charge in [-0.3, -0.25) is 4.79 Å². The van der Waals surface area contributed by atoms with Gasteiger partial charge in [0.1, 0.15) is 5.82 Å². The SMILES string of the molecule is CNc1ncc(C(=O)N2CCOCC2)cc1Cl. The van der Waals surface area contributed by atoms with Gasteiger partial charge in [0.05, 0.1) is 23.8 Å². The van der Waals surface area contributed by atoms with Crippen LogP contribution in [0.5, 0.6) is 0 Å². The molecule has 5 nitrogen and oxygen atoms in total. The van der Waals surface area contributed by atoms with Crippen LogP contribution in [0, 0.1) is 0 Å². The second-order valence-corrected chi connectivity index (χ2v) is 4.12. The van der Waals surface area contributed by atoms with Crippen molar-refractivity contribution >= 4 is 23.3 Å². The van der Waals surface area contributed by atoms with Crippen LogP contribution in [0.1, 0.15) is 10.4 Å². The van der Waals surface area contributed by atoms with E-state index < -0.39 is 0 Å². The zero-order valence-electron chi connectivity index (χ0n) is 9.57. The van der Waals surface area contributed by atoms with Crippen LogP contribution in [0.2, 0.25) is 5.02 Å². The number of amides is 1. The van der Waals surface area contributed by atoms with Gasteiger partial charge in [0.25, 0.3) is 5.91 Å². The highest BCUT2D eigenvalue weighted by Crippen LogP contribution is 2.20. The van der Waals surface area contributed by atoms with Crippen molar-refractivity contribution in [1.29, 1.82) is 0 Å². The number of ether oxygens (including phenoxy) is 1. The third kappa shape index (κ3) is 2.68. The van der Waals surface area contributed by atoms with Crippen LogP contribution in [-0.4, -0.2) is 49.1 Å². The lowest BCUT2D eigenvalue weighted by Gasteiger charge is -2.26. The summed E-state index contributed by atoms with van der Waals surface area (Å²) >= 11 is 5.99. The van der Waals surface area contributed by atoms with E-state index in [1.165, 1.54) is 6.20 Å². The summed E-state index contributed by atoms with van der Waals surface area (Å²) in [5.41, 5.74) is 0.510. The minimum atomic E-state index is -0.0506. The normalized spacial score (nSPS) is 15.8. The topological polar surface area (TPSA) is 54.5 Å². The largest absolute Gasteiger partial charge is 0.378 e. The maximum atomic E-state index is 12.1. The number of morpholine rings is 1. The molecular weight excluding hydrogens is 242 g/mol. The van der Waals surface area contributed by atoms with Gasteiger partial charge in [0.15, 0.2) is 0 Å². The molecule has 17 heavy (non-hydrogen) atoms. The smallest absolute Gasteiger partial charge is 0.255 e. The molecule has 2 rings (SSSR count). The van der Waals surface area contributed by atoms with Gasteiger partial charge in [0.2, 0.25) is 0 Å². The van der Waals surface area contributed by atoms with Crippen LogP contribution >= 0.6 is 11.6 Å². The first-order chi connectivity index (χ1) is 8.22.